The van der Waals surface area contributed by atoms with Crippen LogP contribution in [-0.4, -0.2) is 170 Å². The number of carbonyl (C=O) groups is 2. The molecule has 0 N–H and O–H groups in total. The zero-order valence-corrected chi connectivity index (χ0v) is 28.8. The molecule has 0 atom stereocenters. The highest BCUT2D eigenvalue weighted by atomic mass is 16.6. The molecule has 0 aromatic heterocycles. The second-order valence-electron chi connectivity index (χ2n) is 9.60. The highest BCUT2D eigenvalue weighted by Gasteiger charge is 2.17. The van der Waals surface area contributed by atoms with E-state index in [2.05, 4.69) is 6.58 Å². The number of benzene rings is 1. The van der Waals surface area contributed by atoms with Gasteiger partial charge in [0.25, 0.3) is 5.78 Å². The first kappa shape index (κ1) is 44.5. The van der Waals surface area contributed by atoms with Crippen LogP contribution in [-0.2, 0) is 66.4 Å². The molecule has 0 heterocycles. The van der Waals surface area contributed by atoms with Crippen molar-refractivity contribution in [3.05, 3.63) is 48.7 Å². The van der Waals surface area contributed by atoms with E-state index in [1.54, 1.807) is 30.3 Å². The molecule has 1 aromatic carbocycles. The quantitative estimate of drug-likeness (QED) is 0.0321. The van der Waals surface area contributed by atoms with E-state index in [-0.39, 0.29) is 13.2 Å². The van der Waals surface area contributed by atoms with Crippen molar-refractivity contribution in [3.63, 3.8) is 0 Å². The highest BCUT2D eigenvalue weighted by molar-refractivity contribution is 6.40. The summed E-state index contributed by atoms with van der Waals surface area (Å²) in [5.41, 5.74) is 0.294. The van der Waals surface area contributed by atoms with Crippen LogP contribution < -0.4 is 0 Å². The summed E-state index contributed by atoms with van der Waals surface area (Å²) in [6, 6.07) is 8.25. The third-order valence-electron chi connectivity index (χ3n) is 5.87. The number of hydrogen-bond donors (Lipinski definition) is 0. The van der Waals surface area contributed by atoms with Crippen molar-refractivity contribution in [2.45, 2.75) is 0 Å². The standard InChI is InChI=1S/C34H56O15/c1-2-37-8-9-38-10-11-39-12-13-40-14-15-41-16-17-42-18-19-43-20-21-44-22-23-45-24-25-46-26-27-47-28-29-48-30-31-49-34(36)33(35)32-6-4-3-5-7-32/h2-7H,1,8-31H2. The molecular weight excluding hydrogens is 648 g/mol. The van der Waals surface area contributed by atoms with Gasteiger partial charge in [-0.05, 0) is 0 Å². The molecule has 1 rings (SSSR count). The first-order chi connectivity index (χ1) is 24.3. The molecule has 1 aromatic rings. The molecule has 0 spiro atoms. The van der Waals surface area contributed by atoms with Gasteiger partial charge in [-0.2, -0.15) is 0 Å². The molecule has 0 bridgehead atoms. The van der Waals surface area contributed by atoms with E-state index < -0.39 is 11.8 Å². The van der Waals surface area contributed by atoms with E-state index in [4.69, 9.17) is 61.6 Å². The summed E-state index contributed by atoms with van der Waals surface area (Å²) in [5, 5.41) is 0. The molecule has 282 valence electrons. The number of rotatable bonds is 39. The van der Waals surface area contributed by atoms with Gasteiger partial charge in [0.2, 0.25) is 0 Å². The van der Waals surface area contributed by atoms with Gasteiger partial charge < -0.3 is 61.6 Å². The molecule has 15 nitrogen and oxygen atoms in total. The van der Waals surface area contributed by atoms with Crippen LogP contribution in [0.2, 0.25) is 0 Å². The fraction of sp³-hybridized carbons (Fsp3) is 0.706. The molecular formula is C34H56O15. The number of ketones is 1. The summed E-state index contributed by atoms with van der Waals surface area (Å²) < 4.78 is 69.5. The number of esters is 1. The largest absolute Gasteiger partial charge is 0.499 e. The maximum atomic E-state index is 11.9. The van der Waals surface area contributed by atoms with Gasteiger partial charge in [-0.15, -0.1) is 0 Å². The SMILES string of the molecule is C=COCCOCCOCCOCCOCCOCCOCCOCCOCCOCCOCCOCCOC(=O)C(=O)c1ccccc1. The van der Waals surface area contributed by atoms with Crippen LogP contribution >= 0.6 is 0 Å². The lowest BCUT2D eigenvalue weighted by atomic mass is 10.1. The maximum absolute atomic E-state index is 11.9. The van der Waals surface area contributed by atoms with E-state index >= 15 is 0 Å². The van der Waals surface area contributed by atoms with Crippen LogP contribution in [0.25, 0.3) is 0 Å². The predicted molar refractivity (Wildman–Crippen MR) is 177 cm³/mol. The molecule has 0 aliphatic rings. The topological polar surface area (TPSA) is 154 Å². The van der Waals surface area contributed by atoms with Gasteiger partial charge in [0, 0.05) is 5.56 Å². The Kier molecular flexibility index (Phi) is 33.3. The van der Waals surface area contributed by atoms with Crippen molar-refractivity contribution in [1.29, 1.82) is 0 Å². The van der Waals surface area contributed by atoms with Gasteiger partial charge in [0.05, 0.1) is 152 Å². The molecule has 0 radical (unpaired) electrons. The minimum absolute atomic E-state index is 0.00453. The third kappa shape index (κ3) is 31.2. The summed E-state index contributed by atoms with van der Waals surface area (Å²) in [4.78, 5) is 23.6. The second kappa shape index (κ2) is 36.7. The number of Topliss-reactive ketones (excluding diaryl/α,β-unsaturated/α-hetero) is 1. The van der Waals surface area contributed by atoms with Crippen molar-refractivity contribution in [1.82, 2.24) is 0 Å². The average Bonchev–Trinajstić information content (AvgIpc) is 3.12. The van der Waals surface area contributed by atoms with Gasteiger partial charge in [-0.3, -0.25) is 4.79 Å². The summed E-state index contributed by atoms with van der Waals surface area (Å²) in [5.74, 6) is -1.58. The smallest absolute Gasteiger partial charge is 0.379 e. The van der Waals surface area contributed by atoms with Gasteiger partial charge >= 0.3 is 5.97 Å². The van der Waals surface area contributed by atoms with Crippen molar-refractivity contribution in [2.24, 2.45) is 0 Å². The van der Waals surface area contributed by atoms with Crippen molar-refractivity contribution in [3.8, 4) is 0 Å². The summed E-state index contributed by atoms with van der Waals surface area (Å²) >= 11 is 0. The van der Waals surface area contributed by atoms with Crippen LogP contribution in [0.5, 0.6) is 0 Å². The second-order valence-corrected chi connectivity index (χ2v) is 9.60. The Labute approximate surface area is 290 Å². The molecule has 0 aliphatic heterocycles. The first-order valence-corrected chi connectivity index (χ1v) is 16.6. The Balaban J connectivity index is 1.65. The fourth-order valence-corrected chi connectivity index (χ4v) is 3.46. The molecule has 0 saturated heterocycles. The van der Waals surface area contributed by atoms with Crippen LogP contribution in [0, 0.1) is 0 Å². The minimum Gasteiger partial charge on any atom is -0.499 e. The van der Waals surface area contributed by atoms with Crippen molar-refractivity contribution >= 4 is 11.8 Å². The summed E-state index contributed by atoms with van der Waals surface area (Å²) in [6.45, 7) is 14.0. The summed E-state index contributed by atoms with van der Waals surface area (Å²) in [7, 11) is 0. The molecule has 0 aliphatic carbocycles. The normalized spacial score (nSPS) is 11.1. The minimum atomic E-state index is -0.899. The first-order valence-electron chi connectivity index (χ1n) is 16.6. The third-order valence-corrected chi connectivity index (χ3v) is 5.87. The Hall–Kier alpha value is -2.54. The van der Waals surface area contributed by atoms with Gasteiger partial charge in [0.15, 0.2) is 0 Å². The van der Waals surface area contributed by atoms with E-state index in [1.807, 2.05) is 0 Å². The Morgan fingerprint density at radius 1 is 0.408 bits per heavy atom. The predicted octanol–water partition coefficient (Wildman–Crippen LogP) is 1.76. The van der Waals surface area contributed by atoms with Crippen LogP contribution in [0.15, 0.2) is 43.2 Å². The molecule has 0 unspecified atom stereocenters. The fourth-order valence-electron chi connectivity index (χ4n) is 3.46. The molecule has 15 heteroatoms. The van der Waals surface area contributed by atoms with Crippen molar-refractivity contribution < 1.29 is 71.2 Å². The molecule has 0 saturated carbocycles. The van der Waals surface area contributed by atoms with Crippen LogP contribution in [0.3, 0.4) is 0 Å². The lowest BCUT2D eigenvalue weighted by molar-refractivity contribution is -0.139. The number of hydrogen-bond acceptors (Lipinski definition) is 15. The van der Waals surface area contributed by atoms with Gasteiger partial charge in [-0.25, -0.2) is 4.79 Å². The van der Waals surface area contributed by atoms with Gasteiger partial charge in [0.1, 0.15) is 13.2 Å². The monoisotopic (exact) mass is 704 g/mol. The van der Waals surface area contributed by atoms with Crippen molar-refractivity contribution in [2.75, 3.05) is 159 Å². The van der Waals surface area contributed by atoms with E-state index in [1.165, 1.54) is 6.26 Å². The van der Waals surface area contributed by atoms with Gasteiger partial charge in [-0.1, -0.05) is 36.9 Å². The van der Waals surface area contributed by atoms with E-state index in [0.29, 0.717) is 151 Å². The van der Waals surface area contributed by atoms with Crippen LogP contribution in [0.1, 0.15) is 10.4 Å². The average molecular weight is 705 g/mol. The van der Waals surface area contributed by atoms with E-state index in [9.17, 15) is 9.59 Å². The molecule has 0 fully saturated rings. The Morgan fingerprint density at radius 2 is 0.673 bits per heavy atom. The molecule has 49 heavy (non-hydrogen) atoms. The Bertz CT molecular complexity index is 874. The lowest BCUT2D eigenvalue weighted by Crippen LogP contribution is -2.20. The van der Waals surface area contributed by atoms with Crippen LogP contribution in [0.4, 0.5) is 0 Å². The zero-order chi connectivity index (χ0) is 35.1. The maximum Gasteiger partial charge on any atom is 0.379 e. The highest BCUT2D eigenvalue weighted by Crippen LogP contribution is 2.01. The molecule has 0 amide bonds. The van der Waals surface area contributed by atoms with E-state index in [0.717, 1.165) is 0 Å². The number of ether oxygens (including phenoxy) is 13. The number of carbonyl (C=O) groups excluding carboxylic acids is 2. The Morgan fingerprint density at radius 3 is 0.959 bits per heavy atom. The zero-order valence-electron chi connectivity index (χ0n) is 28.8. The lowest BCUT2D eigenvalue weighted by Gasteiger charge is -2.09. The summed E-state index contributed by atoms with van der Waals surface area (Å²) in [6.07, 6.45) is 1.39.